The van der Waals surface area contributed by atoms with Gasteiger partial charge >= 0.3 is 0 Å². The first-order chi connectivity index (χ1) is 14.2. The Hall–Kier alpha value is -1.90. The van der Waals surface area contributed by atoms with Crippen molar-refractivity contribution in [1.29, 1.82) is 0 Å². The van der Waals surface area contributed by atoms with Crippen LogP contribution in [0.25, 0.3) is 0 Å². The van der Waals surface area contributed by atoms with Gasteiger partial charge in [-0.05, 0) is 61.6 Å². The summed E-state index contributed by atoms with van der Waals surface area (Å²) in [6.45, 7) is 6.51. The van der Waals surface area contributed by atoms with Crippen molar-refractivity contribution in [3.8, 4) is 0 Å². The first-order valence-electron chi connectivity index (χ1n) is 10.4. The monoisotopic (exact) mass is 417 g/mol. The summed E-state index contributed by atoms with van der Waals surface area (Å²) in [5.41, 5.74) is 2.03. The van der Waals surface area contributed by atoms with Crippen molar-refractivity contribution >= 4 is 17.4 Å². The van der Waals surface area contributed by atoms with Crippen LogP contribution in [-0.2, 0) is 11.3 Å². The summed E-state index contributed by atoms with van der Waals surface area (Å²) in [7, 11) is 0. The molecule has 4 rings (SSSR count). The maximum absolute atomic E-state index is 13.4. The Morgan fingerprint density at radius 1 is 1.14 bits per heavy atom. The fourth-order valence-electron chi connectivity index (χ4n) is 4.32. The molecule has 0 aliphatic carbocycles. The molecule has 1 atom stereocenters. The summed E-state index contributed by atoms with van der Waals surface area (Å²) in [5.74, 6) is 0.353. The molecule has 6 nitrogen and oxygen atoms in total. The van der Waals surface area contributed by atoms with Crippen molar-refractivity contribution in [2.45, 2.75) is 31.7 Å². The normalized spacial score (nSPS) is 21.8. The second kappa shape index (κ2) is 9.73. The summed E-state index contributed by atoms with van der Waals surface area (Å²) in [6.07, 6.45) is 3.12. The minimum Gasteiger partial charge on any atom is -0.341 e. The number of likely N-dealkylation sites (tertiary alicyclic amines) is 1. The molecular formula is C21H28FN5OS. The SMILES string of the molecule is O=C(CN1CCCN(Cc2cccc(F)c2)CC1)N1CCCC(c2csnn2)C1. The maximum Gasteiger partial charge on any atom is 0.236 e. The Labute approximate surface area is 175 Å². The van der Waals surface area contributed by atoms with Crippen molar-refractivity contribution in [3.05, 3.63) is 46.7 Å². The highest BCUT2D eigenvalue weighted by Crippen LogP contribution is 2.26. The highest BCUT2D eigenvalue weighted by atomic mass is 32.1. The summed E-state index contributed by atoms with van der Waals surface area (Å²) >= 11 is 1.38. The Bertz CT molecular complexity index is 802. The van der Waals surface area contributed by atoms with Crippen LogP contribution in [0.15, 0.2) is 29.6 Å². The van der Waals surface area contributed by atoms with Crippen LogP contribution in [0.4, 0.5) is 4.39 Å². The highest BCUT2D eigenvalue weighted by molar-refractivity contribution is 7.03. The van der Waals surface area contributed by atoms with Gasteiger partial charge in [-0.25, -0.2) is 4.39 Å². The molecule has 0 bridgehead atoms. The first-order valence-corrected chi connectivity index (χ1v) is 11.2. The second-order valence-electron chi connectivity index (χ2n) is 8.04. The number of carbonyl (C=O) groups is 1. The zero-order valence-corrected chi connectivity index (χ0v) is 17.5. The number of carbonyl (C=O) groups excluding carboxylic acids is 1. The third-order valence-electron chi connectivity index (χ3n) is 5.90. The Morgan fingerprint density at radius 2 is 2.00 bits per heavy atom. The zero-order chi connectivity index (χ0) is 20.1. The number of nitrogens with zero attached hydrogens (tertiary/aromatic N) is 5. The van der Waals surface area contributed by atoms with Crippen molar-refractivity contribution in [2.24, 2.45) is 0 Å². The molecule has 0 saturated carbocycles. The van der Waals surface area contributed by atoms with Crippen LogP contribution in [0.1, 0.15) is 36.4 Å². The second-order valence-corrected chi connectivity index (χ2v) is 8.65. The lowest BCUT2D eigenvalue weighted by molar-refractivity contribution is -0.133. The predicted molar refractivity (Wildman–Crippen MR) is 111 cm³/mol. The van der Waals surface area contributed by atoms with Gasteiger partial charge in [-0.15, -0.1) is 5.10 Å². The van der Waals surface area contributed by atoms with Gasteiger partial charge in [-0.3, -0.25) is 14.6 Å². The average molecular weight is 418 g/mol. The van der Waals surface area contributed by atoms with E-state index in [4.69, 9.17) is 0 Å². The van der Waals surface area contributed by atoms with E-state index in [1.807, 2.05) is 16.3 Å². The average Bonchev–Trinajstić information content (AvgIpc) is 3.18. The minimum absolute atomic E-state index is 0.183. The molecule has 3 heterocycles. The summed E-state index contributed by atoms with van der Waals surface area (Å²) in [6, 6.07) is 6.83. The van der Waals surface area contributed by atoms with Gasteiger partial charge in [-0.2, -0.15) is 0 Å². The lowest BCUT2D eigenvalue weighted by Gasteiger charge is -2.33. The van der Waals surface area contributed by atoms with E-state index >= 15 is 0 Å². The van der Waals surface area contributed by atoms with Crippen LogP contribution in [0.2, 0.25) is 0 Å². The largest absolute Gasteiger partial charge is 0.341 e. The van der Waals surface area contributed by atoms with Gasteiger partial charge in [0.15, 0.2) is 0 Å². The molecule has 29 heavy (non-hydrogen) atoms. The Morgan fingerprint density at radius 3 is 2.83 bits per heavy atom. The summed E-state index contributed by atoms with van der Waals surface area (Å²) < 4.78 is 17.4. The third kappa shape index (κ3) is 5.58. The first kappa shape index (κ1) is 20.4. The van der Waals surface area contributed by atoms with Crippen molar-refractivity contribution in [2.75, 3.05) is 45.8 Å². The summed E-state index contributed by atoms with van der Waals surface area (Å²) in [5, 5.41) is 6.20. The molecule has 0 N–H and O–H groups in total. The molecule has 1 aromatic carbocycles. The van der Waals surface area contributed by atoms with Gasteiger partial charge in [0.2, 0.25) is 5.91 Å². The van der Waals surface area contributed by atoms with Crippen LogP contribution >= 0.6 is 11.5 Å². The van der Waals surface area contributed by atoms with Gasteiger partial charge in [0, 0.05) is 44.0 Å². The quantitative estimate of drug-likeness (QED) is 0.749. The zero-order valence-electron chi connectivity index (χ0n) is 16.7. The molecule has 2 saturated heterocycles. The third-order valence-corrected chi connectivity index (χ3v) is 6.43. The molecule has 8 heteroatoms. The van der Waals surface area contributed by atoms with E-state index in [1.165, 1.54) is 17.6 Å². The Balaban J connectivity index is 1.27. The van der Waals surface area contributed by atoms with Gasteiger partial charge < -0.3 is 4.90 Å². The van der Waals surface area contributed by atoms with E-state index in [1.54, 1.807) is 12.1 Å². The molecule has 1 aromatic heterocycles. The van der Waals surface area contributed by atoms with E-state index in [9.17, 15) is 9.18 Å². The van der Waals surface area contributed by atoms with Crippen molar-refractivity contribution < 1.29 is 9.18 Å². The number of halogens is 1. The molecule has 2 aliphatic rings. The lowest BCUT2D eigenvalue weighted by Crippen LogP contribution is -2.45. The molecule has 2 fully saturated rings. The standard InChI is InChI=1S/C21H28FN5OS/c22-19-6-1-4-17(12-19)13-25-7-3-8-26(11-10-25)15-21(28)27-9-2-5-18(14-27)20-16-29-24-23-20/h1,4,6,12,16,18H,2-3,5,7-11,13-15H2. The fraction of sp³-hybridized carbons (Fsp3) is 0.571. The molecule has 1 amide bonds. The molecular weight excluding hydrogens is 389 g/mol. The number of piperidine rings is 1. The van der Waals surface area contributed by atoms with Gasteiger partial charge in [-0.1, -0.05) is 16.6 Å². The summed E-state index contributed by atoms with van der Waals surface area (Å²) in [4.78, 5) is 19.5. The molecule has 156 valence electrons. The fourth-order valence-corrected chi connectivity index (χ4v) is 4.86. The Kier molecular flexibility index (Phi) is 6.84. The van der Waals surface area contributed by atoms with Gasteiger partial charge in [0.25, 0.3) is 0 Å². The van der Waals surface area contributed by atoms with Crippen LogP contribution in [0, 0.1) is 5.82 Å². The van der Waals surface area contributed by atoms with Crippen LogP contribution < -0.4 is 0 Å². The number of amides is 1. The topological polar surface area (TPSA) is 52.6 Å². The van der Waals surface area contributed by atoms with Crippen molar-refractivity contribution in [1.82, 2.24) is 24.3 Å². The predicted octanol–water partition coefficient (Wildman–Crippen LogP) is 2.59. The van der Waals surface area contributed by atoms with Crippen LogP contribution in [0.5, 0.6) is 0 Å². The number of hydrogen-bond donors (Lipinski definition) is 0. The van der Waals surface area contributed by atoms with Gasteiger partial charge in [0.1, 0.15) is 5.82 Å². The van der Waals surface area contributed by atoms with E-state index in [-0.39, 0.29) is 11.7 Å². The van der Waals surface area contributed by atoms with E-state index < -0.39 is 0 Å². The van der Waals surface area contributed by atoms with Gasteiger partial charge in [0.05, 0.1) is 12.2 Å². The molecule has 0 spiro atoms. The van der Waals surface area contributed by atoms with Crippen LogP contribution in [-0.4, -0.2) is 76.0 Å². The highest BCUT2D eigenvalue weighted by Gasteiger charge is 2.27. The smallest absolute Gasteiger partial charge is 0.236 e. The van der Waals surface area contributed by atoms with Crippen LogP contribution in [0.3, 0.4) is 0 Å². The molecule has 1 unspecified atom stereocenters. The molecule has 2 aromatic rings. The van der Waals surface area contributed by atoms with E-state index in [0.717, 1.165) is 76.3 Å². The molecule has 0 radical (unpaired) electrons. The number of hydrogen-bond acceptors (Lipinski definition) is 6. The number of rotatable bonds is 5. The van der Waals surface area contributed by atoms with E-state index in [2.05, 4.69) is 19.4 Å². The van der Waals surface area contributed by atoms with E-state index in [0.29, 0.717) is 12.5 Å². The number of benzene rings is 1. The minimum atomic E-state index is -0.183. The maximum atomic E-state index is 13.4. The lowest BCUT2D eigenvalue weighted by atomic mass is 9.95. The van der Waals surface area contributed by atoms with Crippen molar-refractivity contribution in [3.63, 3.8) is 0 Å². The molecule has 2 aliphatic heterocycles. The number of aromatic nitrogens is 2.